The molecule has 0 saturated carbocycles. The number of morpholine rings is 1. The van der Waals surface area contributed by atoms with E-state index in [-0.39, 0.29) is 18.1 Å². The van der Waals surface area contributed by atoms with E-state index in [2.05, 4.69) is 27.4 Å². The van der Waals surface area contributed by atoms with E-state index in [1.807, 2.05) is 67.3 Å². The minimum absolute atomic E-state index is 0.0582. The van der Waals surface area contributed by atoms with Crippen LogP contribution in [0.1, 0.15) is 41.2 Å². The molecule has 1 amide bonds. The van der Waals surface area contributed by atoms with Crippen molar-refractivity contribution in [2.45, 2.75) is 39.0 Å². The van der Waals surface area contributed by atoms with Gasteiger partial charge in [-0.1, -0.05) is 42.5 Å². The third-order valence-corrected chi connectivity index (χ3v) is 5.29. The van der Waals surface area contributed by atoms with E-state index in [1.165, 1.54) is 5.56 Å². The molecule has 2 aromatic carbocycles. The van der Waals surface area contributed by atoms with Gasteiger partial charge in [-0.15, -0.1) is 0 Å². The fraction of sp³-hybridized carbons (Fsp3) is 0.320. The summed E-state index contributed by atoms with van der Waals surface area (Å²) in [7, 11) is 0. The van der Waals surface area contributed by atoms with E-state index in [1.54, 1.807) is 6.20 Å². The maximum absolute atomic E-state index is 12.8. The van der Waals surface area contributed by atoms with Gasteiger partial charge >= 0.3 is 0 Å². The summed E-state index contributed by atoms with van der Waals surface area (Å²) in [6, 6.07) is 19.8. The molecule has 1 aromatic heterocycles. The Hall–Kier alpha value is -3.25. The lowest BCUT2D eigenvalue weighted by Gasteiger charge is -2.35. The Morgan fingerprint density at radius 2 is 1.71 bits per heavy atom. The summed E-state index contributed by atoms with van der Waals surface area (Å²) in [6.45, 7) is 5.89. The average Bonchev–Trinajstić information content (AvgIpc) is 2.78. The molecule has 0 aliphatic carbocycles. The van der Waals surface area contributed by atoms with Gasteiger partial charge in [-0.3, -0.25) is 4.79 Å². The van der Waals surface area contributed by atoms with Crippen molar-refractivity contribution in [1.82, 2.24) is 14.9 Å². The molecule has 0 spiro atoms. The quantitative estimate of drug-likeness (QED) is 0.660. The molecule has 31 heavy (non-hydrogen) atoms. The third-order valence-electron chi connectivity index (χ3n) is 5.29. The van der Waals surface area contributed by atoms with Gasteiger partial charge < -0.3 is 15.0 Å². The molecule has 6 heteroatoms. The second-order valence-corrected chi connectivity index (χ2v) is 8.04. The van der Waals surface area contributed by atoms with Crippen LogP contribution in [0.2, 0.25) is 0 Å². The Kier molecular flexibility index (Phi) is 6.57. The van der Waals surface area contributed by atoms with E-state index in [0.717, 1.165) is 17.2 Å². The molecule has 2 unspecified atom stereocenters. The molecule has 1 saturated heterocycles. The Bertz CT molecular complexity index is 998. The summed E-state index contributed by atoms with van der Waals surface area (Å²) in [5.74, 6) is 1.63. The first-order chi connectivity index (χ1) is 15.1. The number of benzene rings is 2. The average molecular weight is 417 g/mol. The highest BCUT2D eigenvalue weighted by atomic mass is 16.5. The Morgan fingerprint density at radius 1 is 1.00 bits per heavy atom. The number of aromatic nitrogens is 2. The van der Waals surface area contributed by atoms with Crippen LogP contribution in [0.3, 0.4) is 0 Å². The lowest BCUT2D eigenvalue weighted by molar-refractivity contribution is -0.0586. The van der Waals surface area contributed by atoms with Crippen LogP contribution >= 0.6 is 0 Å². The van der Waals surface area contributed by atoms with E-state index >= 15 is 0 Å². The van der Waals surface area contributed by atoms with Crippen LogP contribution in [0.4, 0.5) is 5.82 Å². The van der Waals surface area contributed by atoms with Crippen molar-refractivity contribution in [1.29, 1.82) is 0 Å². The Labute approximate surface area is 183 Å². The van der Waals surface area contributed by atoms with Crippen LogP contribution in [0.25, 0.3) is 0 Å². The maximum Gasteiger partial charge on any atom is 0.254 e. The van der Waals surface area contributed by atoms with E-state index in [9.17, 15) is 4.79 Å². The van der Waals surface area contributed by atoms with Gasteiger partial charge in [0, 0.05) is 37.8 Å². The number of hydrogen-bond acceptors (Lipinski definition) is 5. The van der Waals surface area contributed by atoms with Gasteiger partial charge in [-0.25, -0.2) is 9.97 Å². The van der Waals surface area contributed by atoms with Crippen LogP contribution < -0.4 is 5.32 Å². The van der Waals surface area contributed by atoms with E-state index < -0.39 is 0 Å². The summed E-state index contributed by atoms with van der Waals surface area (Å²) in [6.07, 6.45) is 2.61. The summed E-state index contributed by atoms with van der Waals surface area (Å²) < 4.78 is 5.72. The van der Waals surface area contributed by atoms with E-state index in [4.69, 9.17) is 4.74 Å². The zero-order chi connectivity index (χ0) is 21.6. The van der Waals surface area contributed by atoms with Gasteiger partial charge in [0.2, 0.25) is 0 Å². The lowest BCUT2D eigenvalue weighted by Crippen LogP contribution is -2.48. The molecule has 0 radical (unpaired) electrons. The smallest absolute Gasteiger partial charge is 0.254 e. The first-order valence-electron chi connectivity index (χ1n) is 10.7. The highest BCUT2D eigenvalue weighted by molar-refractivity contribution is 5.94. The largest absolute Gasteiger partial charge is 0.372 e. The first kappa shape index (κ1) is 21.0. The molecule has 2 atom stereocenters. The maximum atomic E-state index is 12.8. The molecule has 0 bridgehead atoms. The standard InChI is InChI=1S/C25H28N4O2/c1-18-16-29(17-19(2)31-18)25(30)22-10-8-21(9-11-22)15-27-23-12-13-26-24(28-23)14-20-6-4-3-5-7-20/h3-13,18-19H,14-17H2,1-2H3,(H,26,27,28). The number of nitrogens with one attached hydrogen (secondary N) is 1. The molecule has 4 rings (SSSR count). The molecule has 1 aliphatic rings. The van der Waals surface area contributed by atoms with Crippen LogP contribution in [-0.4, -0.2) is 46.1 Å². The summed E-state index contributed by atoms with van der Waals surface area (Å²) in [5.41, 5.74) is 2.98. The molecule has 2 heterocycles. The van der Waals surface area contributed by atoms with Crippen molar-refractivity contribution in [3.8, 4) is 0 Å². The topological polar surface area (TPSA) is 67.4 Å². The van der Waals surface area contributed by atoms with Gasteiger partial charge in [-0.05, 0) is 43.2 Å². The number of ether oxygens (including phenoxy) is 1. The van der Waals surface area contributed by atoms with Crippen molar-refractivity contribution in [2.75, 3.05) is 18.4 Å². The van der Waals surface area contributed by atoms with Crippen LogP contribution in [-0.2, 0) is 17.7 Å². The van der Waals surface area contributed by atoms with Crippen LogP contribution in [0.15, 0.2) is 66.9 Å². The number of anilines is 1. The van der Waals surface area contributed by atoms with Crippen molar-refractivity contribution in [3.63, 3.8) is 0 Å². The fourth-order valence-electron chi connectivity index (χ4n) is 3.85. The highest BCUT2D eigenvalue weighted by Crippen LogP contribution is 2.16. The Balaban J connectivity index is 1.34. The Morgan fingerprint density at radius 3 is 2.42 bits per heavy atom. The first-order valence-corrected chi connectivity index (χ1v) is 10.7. The second kappa shape index (κ2) is 9.71. The SMILES string of the molecule is CC1CN(C(=O)c2ccc(CNc3ccnc(Cc4ccccc4)n3)cc2)CC(C)O1. The predicted molar refractivity (Wildman–Crippen MR) is 121 cm³/mol. The second-order valence-electron chi connectivity index (χ2n) is 8.04. The number of rotatable bonds is 6. The van der Waals surface area contributed by atoms with Gasteiger partial charge in [0.1, 0.15) is 11.6 Å². The fourth-order valence-corrected chi connectivity index (χ4v) is 3.85. The molecule has 6 nitrogen and oxygen atoms in total. The number of nitrogens with zero attached hydrogens (tertiary/aromatic N) is 3. The number of carbonyl (C=O) groups excluding carboxylic acids is 1. The zero-order valence-corrected chi connectivity index (χ0v) is 18.0. The summed E-state index contributed by atoms with van der Waals surface area (Å²) >= 11 is 0. The van der Waals surface area contributed by atoms with E-state index in [0.29, 0.717) is 31.6 Å². The van der Waals surface area contributed by atoms with Crippen molar-refractivity contribution < 1.29 is 9.53 Å². The van der Waals surface area contributed by atoms with Gasteiger partial charge in [-0.2, -0.15) is 0 Å². The zero-order valence-electron chi connectivity index (χ0n) is 18.0. The molecule has 3 aromatic rings. The molecular formula is C25H28N4O2. The molecule has 1 N–H and O–H groups in total. The van der Waals surface area contributed by atoms with Gasteiger partial charge in [0.25, 0.3) is 5.91 Å². The van der Waals surface area contributed by atoms with Crippen molar-refractivity contribution in [2.24, 2.45) is 0 Å². The highest BCUT2D eigenvalue weighted by Gasteiger charge is 2.26. The van der Waals surface area contributed by atoms with Crippen LogP contribution in [0.5, 0.6) is 0 Å². The molecule has 1 aliphatic heterocycles. The minimum atomic E-state index is 0.0582. The van der Waals surface area contributed by atoms with Gasteiger partial charge in [0.15, 0.2) is 0 Å². The van der Waals surface area contributed by atoms with Gasteiger partial charge in [0.05, 0.1) is 12.2 Å². The van der Waals surface area contributed by atoms with Crippen LogP contribution in [0, 0.1) is 0 Å². The normalized spacial score (nSPS) is 18.6. The third kappa shape index (κ3) is 5.67. The number of carbonyl (C=O) groups is 1. The monoisotopic (exact) mass is 416 g/mol. The molecule has 160 valence electrons. The summed E-state index contributed by atoms with van der Waals surface area (Å²) in [5, 5.41) is 3.35. The lowest BCUT2D eigenvalue weighted by atomic mass is 10.1. The minimum Gasteiger partial charge on any atom is -0.372 e. The van der Waals surface area contributed by atoms with Crippen molar-refractivity contribution >= 4 is 11.7 Å². The molecule has 1 fully saturated rings. The van der Waals surface area contributed by atoms with Crippen molar-refractivity contribution in [3.05, 3.63) is 89.4 Å². The number of hydrogen-bond donors (Lipinski definition) is 1. The predicted octanol–water partition coefficient (Wildman–Crippen LogP) is 3.93. The number of amides is 1. The molecular weight excluding hydrogens is 388 g/mol. The summed E-state index contributed by atoms with van der Waals surface area (Å²) in [4.78, 5) is 23.7.